The van der Waals surface area contributed by atoms with Crippen molar-refractivity contribution in [2.24, 2.45) is 0 Å². The summed E-state index contributed by atoms with van der Waals surface area (Å²) in [6.07, 6.45) is 57.0. The molecule has 3 atom stereocenters. The molecule has 0 saturated heterocycles. The SMILES string of the molecule is CCCCCCCCC/C=C/CCCCCC(CC(=O)NC(CO)C(O)CCCCCCCCCCCCCCCCCC)OC(=O)CCCCCCCCCCCCCCC. The molecule has 0 spiro atoms. The first kappa shape index (κ1) is 60.6. The Kier molecular flexibility index (Phi) is 49.5. The van der Waals surface area contributed by atoms with Gasteiger partial charge in [0.25, 0.3) is 0 Å². The summed E-state index contributed by atoms with van der Waals surface area (Å²) in [6, 6.07) is -0.700. The second kappa shape index (κ2) is 50.6. The standard InChI is InChI=1S/C56H109NO5/c1-4-7-10-13-16-19-22-25-27-28-31-33-36-39-42-45-48-54(59)53(51-58)57-55(60)50-52(47-44-41-38-35-32-30-26-23-20-17-14-11-8-5-2)62-56(61)49-46-43-40-37-34-29-24-21-18-15-12-9-6-3/h30,32,52-54,58-59H,4-29,31,33-51H2,1-3H3,(H,57,60)/b32-30+. The van der Waals surface area contributed by atoms with Crippen LogP contribution in [0.25, 0.3) is 0 Å². The third-order valence-electron chi connectivity index (χ3n) is 13.1. The Labute approximate surface area is 387 Å². The molecule has 62 heavy (non-hydrogen) atoms. The van der Waals surface area contributed by atoms with Gasteiger partial charge in [0.2, 0.25) is 5.91 Å². The number of nitrogens with one attached hydrogen (secondary N) is 1. The highest BCUT2D eigenvalue weighted by Crippen LogP contribution is 2.18. The minimum atomic E-state index is -0.786. The number of carbonyl (C=O) groups is 2. The van der Waals surface area contributed by atoms with Gasteiger partial charge in [-0.1, -0.05) is 258 Å². The number of aliphatic hydroxyl groups is 2. The molecule has 0 saturated carbocycles. The Morgan fingerprint density at radius 2 is 0.774 bits per heavy atom. The van der Waals surface area contributed by atoms with Crippen LogP contribution in [0.4, 0.5) is 0 Å². The minimum Gasteiger partial charge on any atom is -0.462 e. The van der Waals surface area contributed by atoms with Crippen molar-refractivity contribution in [3.63, 3.8) is 0 Å². The molecule has 0 rings (SSSR count). The number of amides is 1. The van der Waals surface area contributed by atoms with Crippen LogP contribution < -0.4 is 5.32 Å². The number of allylic oxidation sites excluding steroid dienone is 2. The van der Waals surface area contributed by atoms with Crippen LogP contribution >= 0.6 is 0 Å². The molecule has 6 nitrogen and oxygen atoms in total. The number of hydrogen-bond donors (Lipinski definition) is 3. The lowest BCUT2D eigenvalue weighted by atomic mass is 10.0. The van der Waals surface area contributed by atoms with Gasteiger partial charge in [0, 0.05) is 6.42 Å². The topological polar surface area (TPSA) is 95.9 Å². The van der Waals surface area contributed by atoms with Gasteiger partial charge in [-0.15, -0.1) is 0 Å². The van der Waals surface area contributed by atoms with Crippen LogP contribution in [0.1, 0.15) is 310 Å². The number of aliphatic hydroxyl groups excluding tert-OH is 2. The number of ether oxygens (including phenoxy) is 1. The van der Waals surface area contributed by atoms with Crippen molar-refractivity contribution < 1.29 is 24.5 Å². The second-order valence-electron chi connectivity index (χ2n) is 19.3. The molecule has 0 radical (unpaired) electrons. The van der Waals surface area contributed by atoms with E-state index in [0.29, 0.717) is 19.3 Å². The van der Waals surface area contributed by atoms with Crippen molar-refractivity contribution in [1.29, 1.82) is 0 Å². The fourth-order valence-electron chi connectivity index (χ4n) is 8.84. The third kappa shape index (κ3) is 45.2. The fraction of sp³-hybridized carbons (Fsp3) is 0.929. The van der Waals surface area contributed by atoms with Crippen LogP contribution in [0.2, 0.25) is 0 Å². The van der Waals surface area contributed by atoms with Gasteiger partial charge < -0.3 is 20.3 Å². The van der Waals surface area contributed by atoms with Crippen molar-refractivity contribution in [2.75, 3.05) is 6.61 Å². The van der Waals surface area contributed by atoms with E-state index in [1.165, 1.54) is 205 Å². The number of rotatable bonds is 51. The lowest BCUT2D eigenvalue weighted by Crippen LogP contribution is -2.46. The molecule has 0 aromatic rings. The zero-order valence-electron chi connectivity index (χ0n) is 42.0. The number of esters is 1. The Hall–Kier alpha value is -1.40. The normalized spacial score (nSPS) is 13.2. The van der Waals surface area contributed by atoms with E-state index >= 15 is 0 Å². The first-order valence-electron chi connectivity index (χ1n) is 27.9. The molecule has 0 heterocycles. The Bertz CT molecular complexity index is 939. The summed E-state index contributed by atoms with van der Waals surface area (Å²) in [6.45, 7) is 6.51. The quantitative estimate of drug-likeness (QED) is 0.0321. The summed E-state index contributed by atoms with van der Waals surface area (Å²) in [5.74, 6) is -0.469. The molecule has 0 aliphatic rings. The highest BCUT2D eigenvalue weighted by molar-refractivity contribution is 5.77. The van der Waals surface area contributed by atoms with Gasteiger partial charge in [0.05, 0.1) is 25.2 Å². The average molecular weight is 876 g/mol. The molecule has 368 valence electrons. The molecular formula is C56H109NO5. The molecule has 0 bridgehead atoms. The van der Waals surface area contributed by atoms with Crippen LogP contribution in [-0.4, -0.2) is 46.9 Å². The highest BCUT2D eigenvalue weighted by Gasteiger charge is 2.24. The third-order valence-corrected chi connectivity index (χ3v) is 13.1. The molecule has 1 amide bonds. The van der Waals surface area contributed by atoms with Crippen molar-refractivity contribution >= 4 is 11.9 Å². The summed E-state index contributed by atoms with van der Waals surface area (Å²) < 4.78 is 5.94. The maximum absolute atomic E-state index is 13.2. The van der Waals surface area contributed by atoms with Crippen LogP contribution in [0.3, 0.4) is 0 Å². The molecule has 0 fully saturated rings. The van der Waals surface area contributed by atoms with Gasteiger partial charge in [0.15, 0.2) is 0 Å². The van der Waals surface area contributed by atoms with Gasteiger partial charge >= 0.3 is 5.97 Å². The van der Waals surface area contributed by atoms with E-state index in [9.17, 15) is 19.8 Å². The van der Waals surface area contributed by atoms with Crippen molar-refractivity contribution in [3.05, 3.63) is 12.2 Å². The predicted molar refractivity (Wildman–Crippen MR) is 269 cm³/mol. The van der Waals surface area contributed by atoms with Gasteiger partial charge in [-0.2, -0.15) is 0 Å². The maximum Gasteiger partial charge on any atom is 0.306 e. The largest absolute Gasteiger partial charge is 0.462 e. The monoisotopic (exact) mass is 876 g/mol. The molecule has 0 aliphatic carbocycles. The van der Waals surface area contributed by atoms with Crippen molar-refractivity contribution in [3.8, 4) is 0 Å². The highest BCUT2D eigenvalue weighted by atomic mass is 16.5. The Morgan fingerprint density at radius 3 is 1.16 bits per heavy atom. The maximum atomic E-state index is 13.2. The van der Waals surface area contributed by atoms with E-state index in [1.54, 1.807) is 0 Å². The first-order valence-corrected chi connectivity index (χ1v) is 27.9. The van der Waals surface area contributed by atoms with Crippen LogP contribution in [0.5, 0.6) is 0 Å². The summed E-state index contributed by atoms with van der Waals surface area (Å²) in [5, 5.41) is 23.8. The minimum absolute atomic E-state index is 0.0744. The van der Waals surface area contributed by atoms with E-state index in [1.807, 2.05) is 0 Å². The molecule has 3 N–H and O–H groups in total. The van der Waals surface area contributed by atoms with E-state index in [-0.39, 0.29) is 24.9 Å². The Morgan fingerprint density at radius 1 is 0.452 bits per heavy atom. The second-order valence-corrected chi connectivity index (χ2v) is 19.3. The first-order chi connectivity index (χ1) is 30.5. The fourth-order valence-corrected chi connectivity index (χ4v) is 8.84. The molecule has 3 unspecified atom stereocenters. The predicted octanol–water partition coefficient (Wildman–Crippen LogP) is 16.9. The van der Waals surface area contributed by atoms with E-state index in [2.05, 4.69) is 38.2 Å². The van der Waals surface area contributed by atoms with Gasteiger partial charge in [-0.25, -0.2) is 0 Å². The Balaban J connectivity index is 4.51. The van der Waals surface area contributed by atoms with Gasteiger partial charge in [-0.3, -0.25) is 9.59 Å². The summed E-state index contributed by atoms with van der Waals surface area (Å²) in [5.41, 5.74) is 0. The average Bonchev–Trinajstić information content (AvgIpc) is 3.26. The molecule has 6 heteroatoms. The molecule has 0 aliphatic heterocycles. The lowest BCUT2D eigenvalue weighted by molar-refractivity contribution is -0.151. The molecular weight excluding hydrogens is 767 g/mol. The van der Waals surface area contributed by atoms with E-state index in [4.69, 9.17) is 4.74 Å². The molecule has 0 aromatic carbocycles. The van der Waals surface area contributed by atoms with Crippen LogP contribution in [-0.2, 0) is 14.3 Å². The van der Waals surface area contributed by atoms with E-state index in [0.717, 1.165) is 57.8 Å². The zero-order chi connectivity index (χ0) is 45.2. The summed E-state index contributed by atoms with van der Waals surface area (Å²) in [7, 11) is 0. The summed E-state index contributed by atoms with van der Waals surface area (Å²) >= 11 is 0. The van der Waals surface area contributed by atoms with Gasteiger partial charge in [0.1, 0.15) is 6.10 Å². The van der Waals surface area contributed by atoms with Crippen LogP contribution in [0.15, 0.2) is 12.2 Å². The van der Waals surface area contributed by atoms with Crippen LogP contribution in [0, 0.1) is 0 Å². The zero-order valence-corrected chi connectivity index (χ0v) is 42.0. The van der Waals surface area contributed by atoms with E-state index < -0.39 is 18.2 Å². The molecule has 0 aromatic heterocycles. The number of hydrogen-bond acceptors (Lipinski definition) is 5. The van der Waals surface area contributed by atoms with Crippen molar-refractivity contribution in [2.45, 2.75) is 328 Å². The van der Waals surface area contributed by atoms with Gasteiger partial charge in [-0.05, 0) is 51.4 Å². The smallest absolute Gasteiger partial charge is 0.306 e. The number of carbonyl (C=O) groups excluding carboxylic acids is 2. The number of unbranched alkanes of at least 4 members (excludes halogenated alkanes) is 37. The van der Waals surface area contributed by atoms with Crippen molar-refractivity contribution in [1.82, 2.24) is 5.32 Å². The summed E-state index contributed by atoms with van der Waals surface area (Å²) in [4.78, 5) is 26.2. The lowest BCUT2D eigenvalue weighted by Gasteiger charge is -2.24.